The Morgan fingerprint density at radius 3 is 2.72 bits per heavy atom. The Hall–Kier alpha value is -0.650. The van der Waals surface area contributed by atoms with Crippen LogP contribution in [0.25, 0.3) is 0 Å². The molecule has 2 atom stereocenters. The zero-order valence-electron chi connectivity index (χ0n) is 11.9. The van der Waals surface area contributed by atoms with E-state index in [1.165, 1.54) is 0 Å². The van der Waals surface area contributed by atoms with Gasteiger partial charge in [-0.1, -0.05) is 13.8 Å². The van der Waals surface area contributed by atoms with Crippen molar-refractivity contribution < 1.29 is 9.53 Å². The molecule has 1 saturated heterocycles. The van der Waals surface area contributed by atoms with Gasteiger partial charge in [0.25, 0.3) is 0 Å². The lowest BCUT2D eigenvalue weighted by Gasteiger charge is -2.20. The van der Waals surface area contributed by atoms with Gasteiger partial charge in [0.2, 0.25) is 5.91 Å². The van der Waals surface area contributed by atoms with E-state index >= 15 is 0 Å². The van der Waals surface area contributed by atoms with Crippen LogP contribution in [0.2, 0.25) is 0 Å². The maximum atomic E-state index is 11.7. The summed E-state index contributed by atoms with van der Waals surface area (Å²) in [7, 11) is 0. The Morgan fingerprint density at radius 2 is 2.17 bits per heavy atom. The van der Waals surface area contributed by atoms with E-state index in [0.29, 0.717) is 6.54 Å². The number of amides is 1. The molecule has 106 valence electrons. The van der Waals surface area contributed by atoms with Crippen molar-refractivity contribution >= 4 is 5.91 Å². The molecule has 1 heterocycles. The first-order valence-corrected chi connectivity index (χ1v) is 6.96. The summed E-state index contributed by atoms with van der Waals surface area (Å²) in [5, 5.41) is 0. The number of carbonyl (C=O) groups excluding carboxylic acids is 1. The van der Waals surface area contributed by atoms with Crippen LogP contribution in [-0.4, -0.2) is 67.2 Å². The van der Waals surface area contributed by atoms with Crippen LogP contribution < -0.4 is 5.73 Å². The molecule has 18 heavy (non-hydrogen) atoms. The molecule has 0 spiro atoms. The third-order valence-corrected chi connectivity index (χ3v) is 3.50. The third-order valence-electron chi connectivity index (χ3n) is 3.50. The SMILES string of the molecule is CCN(CC)CCOC1CCN(C(=O)C(C)N)C1. The molecule has 1 fully saturated rings. The lowest BCUT2D eigenvalue weighted by atomic mass is 10.3. The van der Waals surface area contributed by atoms with E-state index < -0.39 is 6.04 Å². The highest BCUT2D eigenvalue weighted by atomic mass is 16.5. The quantitative estimate of drug-likeness (QED) is 0.712. The van der Waals surface area contributed by atoms with E-state index in [-0.39, 0.29) is 12.0 Å². The van der Waals surface area contributed by atoms with Gasteiger partial charge in [-0.15, -0.1) is 0 Å². The van der Waals surface area contributed by atoms with E-state index in [4.69, 9.17) is 10.5 Å². The number of ether oxygens (including phenoxy) is 1. The predicted molar refractivity (Wildman–Crippen MR) is 72.4 cm³/mol. The summed E-state index contributed by atoms with van der Waals surface area (Å²) in [6.07, 6.45) is 1.11. The molecule has 1 amide bonds. The van der Waals surface area contributed by atoms with E-state index in [9.17, 15) is 4.79 Å². The molecule has 1 rings (SSSR count). The second kappa shape index (κ2) is 7.71. The Labute approximate surface area is 110 Å². The topological polar surface area (TPSA) is 58.8 Å². The molecule has 0 aromatic carbocycles. The number of likely N-dealkylation sites (tertiary alicyclic amines) is 1. The van der Waals surface area contributed by atoms with Crippen LogP contribution in [0.1, 0.15) is 27.2 Å². The minimum absolute atomic E-state index is 0.0323. The highest BCUT2D eigenvalue weighted by Gasteiger charge is 2.28. The van der Waals surface area contributed by atoms with Crippen molar-refractivity contribution in [3.8, 4) is 0 Å². The van der Waals surface area contributed by atoms with Gasteiger partial charge >= 0.3 is 0 Å². The first-order valence-electron chi connectivity index (χ1n) is 6.96. The zero-order chi connectivity index (χ0) is 13.5. The number of nitrogens with zero attached hydrogens (tertiary/aromatic N) is 2. The number of rotatable bonds is 7. The van der Waals surface area contributed by atoms with Crippen molar-refractivity contribution in [2.75, 3.05) is 39.3 Å². The van der Waals surface area contributed by atoms with Gasteiger partial charge in [-0.3, -0.25) is 4.79 Å². The molecule has 2 N–H and O–H groups in total. The molecule has 1 aliphatic heterocycles. The second-order valence-electron chi connectivity index (χ2n) is 4.88. The van der Waals surface area contributed by atoms with E-state index in [0.717, 1.165) is 39.2 Å². The van der Waals surface area contributed by atoms with Gasteiger partial charge in [-0.25, -0.2) is 0 Å². The Morgan fingerprint density at radius 1 is 1.50 bits per heavy atom. The van der Waals surface area contributed by atoms with Crippen molar-refractivity contribution in [1.29, 1.82) is 0 Å². The Balaban J connectivity index is 2.20. The smallest absolute Gasteiger partial charge is 0.239 e. The van der Waals surface area contributed by atoms with E-state index in [2.05, 4.69) is 18.7 Å². The average molecular weight is 257 g/mol. The fourth-order valence-electron chi connectivity index (χ4n) is 2.24. The molecule has 0 aromatic heterocycles. The van der Waals surface area contributed by atoms with Crippen LogP contribution in [0.4, 0.5) is 0 Å². The van der Waals surface area contributed by atoms with Crippen LogP contribution in [-0.2, 0) is 9.53 Å². The van der Waals surface area contributed by atoms with Crippen LogP contribution in [0, 0.1) is 0 Å². The maximum Gasteiger partial charge on any atom is 0.239 e. The minimum Gasteiger partial charge on any atom is -0.375 e. The molecule has 0 aliphatic carbocycles. The molecular weight excluding hydrogens is 230 g/mol. The normalized spacial score (nSPS) is 21.6. The first kappa shape index (κ1) is 15.4. The van der Waals surface area contributed by atoms with Gasteiger partial charge in [-0.05, 0) is 26.4 Å². The van der Waals surface area contributed by atoms with Gasteiger partial charge in [-0.2, -0.15) is 0 Å². The highest BCUT2D eigenvalue weighted by molar-refractivity contribution is 5.81. The largest absolute Gasteiger partial charge is 0.375 e. The lowest BCUT2D eigenvalue weighted by Crippen LogP contribution is -2.41. The summed E-state index contributed by atoms with van der Waals surface area (Å²) in [4.78, 5) is 15.8. The summed E-state index contributed by atoms with van der Waals surface area (Å²) in [6.45, 7) is 11.3. The van der Waals surface area contributed by atoms with Gasteiger partial charge in [0.05, 0.1) is 18.8 Å². The summed E-state index contributed by atoms with van der Waals surface area (Å²) in [5.74, 6) is 0.0323. The molecule has 1 aliphatic rings. The molecule has 0 radical (unpaired) electrons. The number of hydrogen-bond acceptors (Lipinski definition) is 4. The molecule has 0 saturated carbocycles. The predicted octanol–water partition coefficient (Wildman–Crippen LogP) is 0.293. The second-order valence-corrected chi connectivity index (χ2v) is 4.88. The monoisotopic (exact) mass is 257 g/mol. The van der Waals surface area contributed by atoms with Gasteiger partial charge < -0.3 is 20.3 Å². The molecule has 0 aromatic rings. The van der Waals surface area contributed by atoms with Crippen molar-refractivity contribution in [2.24, 2.45) is 5.73 Å². The van der Waals surface area contributed by atoms with Gasteiger partial charge in [0.1, 0.15) is 0 Å². The number of likely N-dealkylation sites (N-methyl/N-ethyl adjacent to an activating group) is 1. The summed E-state index contributed by atoms with van der Waals surface area (Å²) in [5.41, 5.74) is 5.60. The number of hydrogen-bond donors (Lipinski definition) is 1. The lowest BCUT2D eigenvalue weighted by molar-refractivity contribution is -0.131. The fraction of sp³-hybridized carbons (Fsp3) is 0.923. The maximum absolute atomic E-state index is 11.7. The van der Waals surface area contributed by atoms with E-state index in [1.807, 2.05) is 4.90 Å². The molecular formula is C13H27N3O2. The fourth-order valence-corrected chi connectivity index (χ4v) is 2.24. The minimum atomic E-state index is -0.403. The molecule has 5 nitrogen and oxygen atoms in total. The van der Waals surface area contributed by atoms with E-state index in [1.54, 1.807) is 6.92 Å². The average Bonchev–Trinajstić information content (AvgIpc) is 2.82. The van der Waals surface area contributed by atoms with Crippen LogP contribution >= 0.6 is 0 Å². The highest BCUT2D eigenvalue weighted by Crippen LogP contribution is 2.13. The van der Waals surface area contributed by atoms with Crippen molar-refractivity contribution in [2.45, 2.75) is 39.3 Å². The summed E-state index contributed by atoms with van der Waals surface area (Å²) in [6, 6.07) is -0.403. The van der Waals surface area contributed by atoms with Crippen LogP contribution in [0.5, 0.6) is 0 Å². The first-order chi connectivity index (χ1) is 8.58. The van der Waals surface area contributed by atoms with Crippen molar-refractivity contribution in [3.05, 3.63) is 0 Å². The third kappa shape index (κ3) is 4.55. The zero-order valence-corrected chi connectivity index (χ0v) is 11.9. The summed E-state index contributed by atoms with van der Waals surface area (Å²) >= 11 is 0. The molecule has 2 unspecified atom stereocenters. The van der Waals surface area contributed by atoms with Crippen LogP contribution in [0.3, 0.4) is 0 Å². The Bertz CT molecular complexity index is 255. The van der Waals surface area contributed by atoms with Gasteiger partial charge in [0.15, 0.2) is 0 Å². The number of nitrogens with two attached hydrogens (primary N) is 1. The standard InChI is InChI=1S/C13H27N3O2/c1-4-15(5-2)8-9-18-12-6-7-16(10-12)13(17)11(3)14/h11-12H,4-10,14H2,1-3H3. The van der Waals surface area contributed by atoms with Crippen LogP contribution in [0.15, 0.2) is 0 Å². The van der Waals surface area contributed by atoms with Crippen molar-refractivity contribution in [1.82, 2.24) is 9.80 Å². The molecule has 5 heteroatoms. The van der Waals surface area contributed by atoms with Crippen molar-refractivity contribution in [3.63, 3.8) is 0 Å². The summed E-state index contributed by atoms with van der Waals surface area (Å²) < 4.78 is 5.82. The number of carbonyl (C=O) groups is 1. The molecule has 0 bridgehead atoms. The van der Waals surface area contributed by atoms with Gasteiger partial charge in [0, 0.05) is 19.6 Å². The Kier molecular flexibility index (Phi) is 6.60.